The standard InChI is InChI=1S/C14H20BrNO4/c1-5-18-13(17)11-8(2)12(20-16-11)10-6-9(7-19-10)14(3,4)15/h9-10H,5-7H2,1-4H3. The molecule has 2 rings (SSSR count). The highest BCUT2D eigenvalue weighted by atomic mass is 79.9. The number of carbonyl (C=O) groups is 1. The van der Waals surface area contributed by atoms with Gasteiger partial charge in [-0.3, -0.25) is 0 Å². The van der Waals surface area contributed by atoms with Gasteiger partial charge in [-0.2, -0.15) is 0 Å². The fourth-order valence-corrected chi connectivity index (χ4v) is 2.65. The van der Waals surface area contributed by atoms with E-state index in [9.17, 15) is 4.79 Å². The van der Waals surface area contributed by atoms with Gasteiger partial charge in [-0.05, 0) is 40.0 Å². The second kappa shape index (κ2) is 5.85. The van der Waals surface area contributed by atoms with Crippen molar-refractivity contribution in [2.24, 2.45) is 5.92 Å². The van der Waals surface area contributed by atoms with Crippen molar-refractivity contribution in [3.8, 4) is 0 Å². The first-order valence-corrected chi connectivity index (χ1v) is 7.57. The minimum absolute atomic E-state index is 0.0135. The molecule has 112 valence electrons. The molecule has 0 aliphatic carbocycles. The first kappa shape index (κ1) is 15.5. The van der Waals surface area contributed by atoms with Crippen LogP contribution in [0, 0.1) is 12.8 Å². The van der Waals surface area contributed by atoms with Crippen LogP contribution in [0.2, 0.25) is 0 Å². The van der Waals surface area contributed by atoms with E-state index in [1.807, 2.05) is 6.92 Å². The van der Waals surface area contributed by atoms with Gasteiger partial charge in [0.15, 0.2) is 11.5 Å². The van der Waals surface area contributed by atoms with Crippen LogP contribution in [0.3, 0.4) is 0 Å². The summed E-state index contributed by atoms with van der Waals surface area (Å²) in [5.41, 5.74) is 0.952. The second-order valence-corrected chi connectivity index (χ2v) is 7.60. The highest BCUT2D eigenvalue weighted by molar-refractivity contribution is 9.10. The molecule has 0 amide bonds. The molecule has 1 aromatic rings. The van der Waals surface area contributed by atoms with Crippen LogP contribution in [0.25, 0.3) is 0 Å². The van der Waals surface area contributed by atoms with E-state index in [1.54, 1.807) is 6.92 Å². The van der Waals surface area contributed by atoms with Gasteiger partial charge in [-0.15, -0.1) is 0 Å². The lowest BCUT2D eigenvalue weighted by atomic mass is 9.92. The number of carbonyl (C=O) groups excluding carboxylic acids is 1. The Hall–Kier alpha value is -0.880. The molecule has 1 aromatic heterocycles. The maximum atomic E-state index is 11.7. The zero-order chi connectivity index (χ0) is 14.9. The lowest BCUT2D eigenvalue weighted by molar-refractivity contribution is 0.0512. The summed E-state index contributed by atoms with van der Waals surface area (Å²) in [4.78, 5) is 11.7. The third-order valence-electron chi connectivity index (χ3n) is 3.69. The third kappa shape index (κ3) is 3.06. The zero-order valence-corrected chi connectivity index (χ0v) is 13.8. The van der Waals surface area contributed by atoms with E-state index in [0.717, 1.165) is 6.42 Å². The number of ether oxygens (including phenoxy) is 2. The minimum atomic E-state index is -0.449. The van der Waals surface area contributed by atoms with E-state index < -0.39 is 5.97 Å². The van der Waals surface area contributed by atoms with Gasteiger partial charge in [-0.25, -0.2) is 4.79 Å². The number of aromatic nitrogens is 1. The molecule has 1 aliphatic heterocycles. The molecule has 1 saturated heterocycles. The maximum absolute atomic E-state index is 11.7. The molecule has 5 nitrogen and oxygen atoms in total. The number of halogens is 1. The van der Waals surface area contributed by atoms with E-state index in [2.05, 4.69) is 34.9 Å². The summed E-state index contributed by atoms with van der Waals surface area (Å²) in [5.74, 6) is 0.575. The lowest BCUT2D eigenvalue weighted by Gasteiger charge is -2.22. The molecule has 1 aliphatic rings. The molecule has 0 radical (unpaired) electrons. The Kier molecular flexibility index (Phi) is 4.54. The summed E-state index contributed by atoms with van der Waals surface area (Å²) >= 11 is 3.67. The van der Waals surface area contributed by atoms with Gasteiger partial charge in [0.2, 0.25) is 0 Å². The smallest absolute Gasteiger partial charge is 0.360 e. The average molecular weight is 346 g/mol. The summed E-state index contributed by atoms with van der Waals surface area (Å²) in [6, 6.07) is 0. The van der Waals surface area contributed by atoms with Crippen molar-refractivity contribution in [2.45, 2.75) is 44.5 Å². The zero-order valence-electron chi connectivity index (χ0n) is 12.2. The second-order valence-electron chi connectivity index (χ2n) is 5.56. The van der Waals surface area contributed by atoms with Crippen LogP contribution in [0.15, 0.2) is 4.52 Å². The Morgan fingerprint density at radius 1 is 1.55 bits per heavy atom. The summed E-state index contributed by atoms with van der Waals surface area (Å²) in [6.07, 6.45) is 0.698. The van der Waals surface area contributed by atoms with Gasteiger partial charge >= 0.3 is 5.97 Å². The van der Waals surface area contributed by atoms with E-state index in [0.29, 0.717) is 30.5 Å². The number of hydrogen-bond donors (Lipinski definition) is 0. The van der Waals surface area contributed by atoms with Crippen molar-refractivity contribution < 1.29 is 18.8 Å². The summed E-state index contributed by atoms with van der Waals surface area (Å²) < 4.78 is 16.1. The monoisotopic (exact) mass is 345 g/mol. The number of alkyl halides is 1. The van der Waals surface area contributed by atoms with Crippen LogP contribution in [-0.2, 0) is 9.47 Å². The molecule has 2 atom stereocenters. The molecule has 6 heteroatoms. The Bertz CT molecular complexity index is 492. The Labute approximate surface area is 127 Å². The highest BCUT2D eigenvalue weighted by Gasteiger charge is 2.38. The fourth-order valence-electron chi connectivity index (χ4n) is 2.33. The van der Waals surface area contributed by atoms with Gasteiger partial charge in [-0.1, -0.05) is 21.1 Å². The van der Waals surface area contributed by atoms with Crippen LogP contribution in [-0.4, -0.2) is 28.7 Å². The Balaban J connectivity index is 2.14. The van der Waals surface area contributed by atoms with Crippen LogP contribution < -0.4 is 0 Å². The van der Waals surface area contributed by atoms with E-state index >= 15 is 0 Å². The maximum Gasteiger partial charge on any atom is 0.360 e. The van der Waals surface area contributed by atoms with E-state index in [-0.39, 0.29) is 16.1 Å². The van der Waals surface area contributed by atoms with Crippen LogP contribution >= 0.6 is 15.9 Å². The molecule has 2 unspecified atom stereocenters. The fraction of sp³-hybridized carbons (Fsp3) is 0.714. The van der Waals surface area contributed by atoms with Crippen molar-refractivity contribution in [1.82, 2.24) is 5.16 Å². The predicted molar refractivity (Wildman–Crippen MR) is 77.0 cm³/mol. The Morgan fingerprint density at radius 3 is 2.80 bits per heavy atom. The van der Waals surface area contributed by atoms with Crippen molar-refractivity contribution in [3.05, 3.63) is 17.0 Å². The number of nitrogens with zero attached hydrogens (tertiary/aromatic N) is 1. The Morgan fingerprint density at radius 2 is 2.25 bits per heavy atom. The molecule has 0 saturated carbocycles. The predicted octanol–water partition coefficient (Wildman–Crippen LogP) is 3.41. The molecule has 0 N–H and O–H groups in total. The molecule has 20 heavy (non-hydrogen) atoms. The lowest BCUT2D eigenvalue weighted by Crippen LogP contribution is -2.23. The van der Waals surface area contributed by atoms with Gasteiger partial charge in [0.05, 0.1) is 13.2 Å². The van der Waals surface area contributed by atoms with Crippen molar-refractivity contribution in [2.75, 3.05) is 13.2 Å². The van der Waals surface area contributed by atoms with Gasteiger partial charge in [0.25, 0.3) is 0 Å². The van der Waals surface area contributed by atoms with Crippen LogP contribution in [0.5, 0.6) is 0 Å². The van der Waals surface area contributed by atoms with Crippen molar-refractivity contribution in [1.29, 1.82) is 0 Å². The summed E-state index contributed by atoms with van der Waals surface area (Å²) in [5, 5.41) is 3.82. The minimum Gasteiger partial charge on any atom is -0.461 e. The van der Waals surface area contributed by atoms with Gasteiger partial charge in [0, 0.05) is 9.89 Å². The highest BCUT2D eigenvalue weighted by Crippen LogP contribution is 2.42. The SMILES string of the molecule is CCOC(=O)c1noc(C2CC(C(C)(C)Br)CO2)c1C. The van der Waals surface area contributed by atoms with E-state index in [4.69, 9.17) is 14.0 Å². The molecule has 1 fully saturated rings. The molecule has 0 aromatic carbocycles. The average Bonchev–Trinajstić information content (AvgIpc) is 2.94. The van der Waals surface area contributed by atoms with Crippen molar-refractivity contribution in [3.63, 3.8) is 0 Å². The number of esters is 1. The molecular formula is C14H20BrNO4. The molecule has 2 heterocycles. The van der Waals surface area contributed by atoms with Crippen molar-refractivity contribution >= 4 is 21.9 Å². The van der Waals surface area contributed by atoms with Crippen LogP contribution in [0.4, 0.5) is 0 Å². The quantitative estimate of drug-likeness (QED) is 0.618. The normalized spacial score (nSPS) is 23.1. The summed E-state index contributed by atoms with van der Waals surface area (Å²) in [6.45, 7) is 8.81. The van der Waals surface area contributed by atoms with Gasteiger partial charge in [0.1, 0.15) is 6.10 Å². The number of hydrogen-bond acceptors (Lipinski definition) is 5. The first-order chi connectivity index (χ1) is 9.34. The third-order valence-corrected chi connectivity index (χ3v) is 4.34. The summed E-state index contributed by atoms with van der Waals surface area (Å²) in [7, 11) is 0. The largest absolute Gasteiger partial charge is 0.461 e. The topological polar surface area (TPSA) is 61.6 Å². The number of rotatable bonds is 4. The van der Waals surface area contributed by atoms with E-state index in [1.165, 1.54) is 0 Å². The molecule has 0 bridgehead atoms. The van der Waals surface area contributed by atoms with Gasteiger partial charge < -0.3 is 14.0 Å². The first-order valence-electron chi connectivity index (χ1n) is 6.78. The molecular weight excluding hydrogens is 326 g/mol. The molecule has 0 spiro atoms. The van der Waals surface area contributed by atoms with Crippen LogP contribution in [0.1, 0.15) is 55.1 Å².